The quantitative estimate of drug-likeness (QED) is 0.799. The van der Waals surface area contributed by atoms with E-state index in [9.17, 15) is 13.2 Å². The van der Waals surface area contributed by atoms with Crippen molar-refractivity contribution in [2.24, 2.45) is 0 Å². The van der Waals surface area contributed by atoms with E-state index in [2.05, 4.69) is 4.72 Å². The second-order valence-corrected chi connectivity index (χ2v) is 6.85. The zero-order valence-corrected chi connectivity index (χ0v) is 11.9. The van der Waals surface area contributed by atoms with E-state index in [1.165, 1.54) is 0 Å². The first-order valence-electron chi connectivity index (χ1n) is 5.98. The Labute approximate surface area is 113 Å². The first-order valence-corrected chi connectivity index (χ1v) is 7.63. The van der Waals surface area contributed by atoms with Crippen LogP contribution in [-0.4, -0.2) is 25.0 Å². The van der Waals surface area contributed by atoms with Gasteiger partial charge in [0.15, 0.2) is 0 Å². The molecule has 0 spiro atoms. The van der Waals surface area contributed by atoms with Gasteiger partial charge in [0.05, 0.1) is 5.75 Å². The highest BCUT2D eigenvalue weighted by atomic mass is 32.2. The van der Waals surface area contributed by atoms with Gasteiger partial charge in [-0.1, -0.05) is 30.3 Å². The van der Waals surface area contributed by atoms with Crippen molar-refractivity contribution in [1.82, 2.24) is 4.72 Å². The minimum Gasteiger partial charge on any atom is -0.481 e. The van der Waals surface area contributed by atoms with Gasteiger partial charge in [0.2, 0.25) is 10.0 Å². The molecule has 1 aromatic rings. The zero-order valence-electron chi connectivity index (χ0n) is 11.1. The van der Waals surface area contributed by atoms with Crippen LogP contribution in [0.25, 0.3) is 0 Å². The number of hydrogen-bond donors (Lipinski definition) is 2. The van der Waals surface area contributed by atoms with Gasteiger partial charge in [0.1, 0.15) is 0 Å². The molecule has 0 aliphatic rings. The van der Waals surface area contributed by atoms with Crippen molar-refractivity contribution in [3.8, 4) is 0 Å². The largest absolute Gasteiger partial charge is 0.481 e. The number of carbonyl (C=O) groups is 1. The van der Waals surface area contributed by atoms with Crippen LogP contribution in [0.3, 0.4) is 0 Å². The molecule has 0 radical (unpaired) electrons. The Morgan fingerprint density at radius 3 is 2.37 bits per heavy atom. The minimum absolute atomic E-state index is 0.0686. The van der Waals surface area contributed by atoms with Gasteiger partial charge in [-0.15, -0.1) is 0 Å². The molecule has 0 bridgehead atoms. The fourth-order valence-corrected chi connectivity index (χ4v) is 3.37. The Hall–Kier alpha value is -1.40. The van der Waals surface area contributed by atoms with E-state index >= 15 is 0 Å². The summed E-state index contributed by atoms with van der Waals surface area (Å²) in [5.74, 6) is -1.04. The average Bonchev–Trinajstić information content (AvgIpc) is 2.25. The molecular weight excluding hydrogens is 266 g/mol. The van der Waals surface area contributed by atoms with Gasteiger partial charge in [0, 0.05) is 12.0 Å². The first-order chi connectivity index (χ1) is 8.70. The molecule has 0 aromatic heterocycles. The van der Waals surface area contributed by atoms with Crippen molar-refractivity contribution >= 4 is 16.0 Å². The highest BCUT2D eigenvalue weighted by molar-refractivity contribution is 7.88. The predicted molar refractivity (Wildman–Crippen MR) is 73.2 cm³/mol. The average molecular weight is 285 g/mol. The molecule has 0 atom stereocenters. The number of hydrogen-bond acceptors (Lipinski definition) is 3. The lowest BCUT2D eigenvalue weighted by Gasteiger charge is -2.25. The molecule has 5 nitrogen and oxygen atoms in total. The zero-order chi connectivity index (χ0) is 14.5. The highest BCUT2D eigenvalue weighted by Crippen LogP contribution is 2.14. The predicted octanol–water partition coefficient (Wildman–Crippen LogP) is 1.75. The summed E-state index contributed by atoms with van der Waals surface area (Å²) < 4.78 is 26.5. The maximum Gasteiger partial charge on any atom is 0.303 e. The fraction of sp³-hybridized carbons (Fsp3) is 0.462. The van der Waals surface area contributed by atoms with Gasteiger partial charge in [0.25, 0.3) is 0 Å². The summed E-state index contributed by atoms with van der Waals surface area (Å²) in [5.41, 5.74) is -0.0736. The molecule has 0 fully saturated rings. The number of rotatable bonds is 7. The van der Waals surface area contributed by atoms with Crippen LogP contribution in [-0.2, 0) is 20.6 Å². The van der Waals surface area contributed by atoms with Crippen molar-refractivity contribution in [2.45, 2.75) is 38.0 Å². The van der Waals surface area contributed by atoms with E-state index < -0.39 is 21.5 Å². The summed E-state index contributed by atoms with van der Waals surface area (Å²) in [6.07, 6.45) is 0.178. The topological polar surface area (TPSA) is 83.5 Å². The summed E-state index contributed by atoms with van der Waals surface area (Å²) in [7, 11) is -3.48. The van der Waals surface area contributed by atoms with E-state index in [-0.39, 0.29) is 18.6 Å². The molecule has 0 amide bonds. The SMILES string of the molecule is CC(C)(CCC(=O)O)NS(=O)(=O)Cc1ccccc1. The Balaban J connectivity index is 2.66. The Morgan fingerprint density at radius 2 is 1.84 bits per heavy atom. The molecule has 2 N–H and O–H groups in total. The first kappa shape index (κ1) is 15.7. The number of sulfonamides is 1. The van der Waals surface area contributed by atoms with E-state index in [0.29, 0.717) is 5.56 Å². The van der Waals surface area contributed by atoms with E-state index in [4.69, 9.17) is 5.11 Å². The highest BCUT2D eigenvalue weighted by Gasteiger charge is 2.25. The van der Waals surface area contributed by atoms with Crippen LogP contribution < -0.4 is 4.72 Å². The smallest absolute Gasteiger partial charge is 0.303 e. The van der Waals surface area contributed by atoms with Gasteiger partial charge in [-0.05, 0) is 25.8 Å². The maximum absolute atomic E-state index is 12.0. The molecule has 0 aliphatic carbocycles. The van der Waals surface area contributed by atoms with Crippen LogP contribution in [0, 0.1) is 0 Å². The minimum atomic E-state index is -3.48. The third-order valence-corrected chi connectivity index (χ3v) is 4.17. The van der Waals surface area contributed by atoms with E-state index in [1.807, 2.05) is 6.07 Å². The van der Waals surface area contributed by atoms with Crippen LogP contribution in [0.2, 0.25) is 0 Å². The normalized spacial score (nSPS) is 12.3. The number of nitrogens with one attached hydrogen (secondary N) is 1. The third kappa shape index (κ3) is 6.35. The lowest BCUT2D eigenvalue weighted by molar-refractivity contribution is -0.137. The lowest BCUT2D eigenvalue weighted by atomic mass is 10.0. The standard InChI is InChI=1S/C13H19NO4S/c1-13(2,9-8-12(15)16)14-19(17,18)10-11-6-4-3-5-7-11/h3-7,14H,8-10H2,1-2H3,(H,15,16). The molecule has 1 aromatic carbocycles. The van der Waals surface area contributed by atoms with Crippen LogP contribution in [0.1, 0.15) is 32.3 Å². The Morgan fingerprint density at radius 1 is 1.26 bits per heavy atom. The van der Waals surface area contributed by atoms with Crippen LogP contribution >= 0.6 is 0 Å². The molecule has 0 saturated carbocycles. The molecule has 6 heteroatoms. The van der Waals surface area contributed by atoms with Crippen molar-refractivity contribution < 1.29 is 18.3 Å². The molecule has 0 heterocycles. The number of aliphatic carboxylic acids is 1. The van der Waals surface area contributed by atoms with Crippen molar-refractivity contribution in [1.29, 1.82) is 0 Å². The molecule has 0 saturated heterocycles. The monoisotopic (exact) mass is 285 g/mol. The van der Waals surface area contributed by atoms with Crippen LogP contribution in [0.4, 0.5) is 0 Å². The second kappa shape index (κ2) is 6.16. The second-order valence-electron chi connectivity index (χ2n) is 5.12. The summed E-state index contributed by atoms with van der Waals surface area (Å²) in [4.78, 5) is 10.5. The third-order valence-electron chi connectivity index (χ3n) is 2.60. The summed E-state index contributed by atoms with van der Waals surface area (Å²) >= 11 is 0. The van der Waals surface area contributed by atoms with Crippen LogP contribution in [0.15, 0.2) is 30.3 Å². The summed E-state index contributed by atoms with van der Waals surface area (Å²) in [6, 6.07) is 8.86. The number of benzene rings is 1. The van der Waals surface area contributed by atoms with Crippen LogP contribution in [0.5, 0.6) is 0 Å². The Kier molecular flexibility index (Phi) is 5.08. The summed E-state index contributed by atoms with van der Waals surface area (Å²) in [6.45, 7) is 3.36. The molecule has 19 heavy (non-hydrogen) atoms. The van der Waals surface area contributed by atoms with Gasteiger partial charge in [-0.25, -0.2) is 13.1 Å². The maximum atomic E-state index is 12.0. The van der Waals surface area contributed by atoms with Crippen molar-refractivity contribution in [2.75, 3.05) is 0 Å². The molecule has 0 aliphatic heterocycles. The van der Waals surface area contributed by atoms with Gasteiger partial charge in [-0.2, -0.15) is 0 Å². The fourth-order valence-electron chi connectivity index (χ4n) is 1.72. The summed E-state index contributed by atoms with van der Waals surface area (Å²) in [5, 5.41) is 8.63. The van der Waals surface area contributed by atoms with Crippen molar-refractivity contribution in [3.63, 3.8) is 0 Å². The van der Waals surface area contributed by atoms with Gasteiger partial charge < -0.3 is 5.11 Å². The van der Waals surface area contributed by atoms with Gasteiger partial charge in [-0.3, -0.25) is 4.79 Å². The van der Waals surface area contributed by atoms with E-state index in [1.54, 1.807) is 38.1 Å². The van der Waals surface area contributed by atoms with E-state index in [0.717, 1.165) is 0 Å². The molecule has 106 valence electrons. The molecule has 1 rings (SSSR count). The number of carboxylic acid groups (broad SMARTS) is 1. The van der Waals surface area contributed by atoms with Crippen molar-refractivity contribution in [3.05, 3.63) is 35.9 Å². The molecular formula is C13H19NO4S. The van der Waals surface area contributed by atoms with Gasteiger partial charge >= 0.3 is 5.97 Å². The number of carboxylic acids is 1. The Bertz CT molecular complexity index is 523. The lowest BCUT2D eigenvalue weighted by Crippen LogP contribution is -2.44. The molecule has 0 unspecified atom stereocenters.